The number of rotatable bonds is 5. The third-order valence-corrected chi connectivity index (χ3v) is 4.07. The van der Waals surface area contributed by atoms with E-state index in [4.69, 9.17) is 23.2 Å². The van der Waals surface area contributed by atoms with Crippen LogP contribution in [-0.2, 0) is 4.79 Å². The normalized spacial score (nSPS) is 16.3. The van der Waals surface area contributed by atoms with Crippen LogP contribution in [-0.4, -0.2) is 47.7 Å². The summed E-state index contributed by atoms with van der Waals surface area (Å²) in [6.45, 7) is 1.98. The molecule has 22 heavy (non-hydrogen) atoms. The molecule has 2 amide bonds. The average Bonchev–Trinajstić information content (AvgIpc) is 2.95. The van der Waals surface area contributed by atoms with Crippen molar-refractivity contribution in [2.24, 2.45) is 0 Å². The predicted octanol–water partition coefficient (Wildman–Crippen LogP) is 2.66. The van der Waals surface area contributed by atoms with Crippen LogP contribution in [0.4, 0.5) is 10.5 Å². The summed E-state index contributed by atoms with van der Waals surface area (Å²) in [6, 6.07) is 3.19. The smallest absolute Gasteiger partial charge is 0.327 e. The van der Waals surface area contributed by atoms with Gasteiger partial charge in [-0.2, -0.15) is 0 Å². The van der Waals surface area contributed by atoms with Crippen molar-refractivity contribution in [3.63, 3.8) is 0 Å². The number of para-hydroxylation sites is 1. The van der Waals surface area contributed by atoms with E-state index in [9.17, 15) is 14.7 Å². The molecule has 3 N–H and O–H groups in total. The maximum absolute atomic E-state index is 12.0. The summed E-state index contributed by atoms with van der Waals surface area (Å²) >= 11 is 11.9. The molecule has 2 rings (SSSR count). The first kappa shape index (κ1) is 16.9. The Morgan fingerprint density at radius 3 is 2.36 bits per heavy atom. The number of benzene rings is 1. The van der Waals surface area contributed by atoms with Gasteiger partial charge < -0.3 is 20.6 Å². The predicted molar refractivity (Wildman–Crippen MR) is 85.7 cm³/mol. The quantitative estimate of drug-likeness (QED) is 0.766. The maximum Gasteiger partial charge on any atom is 0.327 e. The Bertz CT molecular complexity index is 542. The zero-order chi connectivity index (χ0) is 16.1. The molecular weight excluding hydrogens is 329 g/mol. The number of anilines is 1. The van der Waals surface area contributed by atoms with Crippen LogP contribution < -0.4 is 10.6 Å². The number of carboxylic acids is 1. The molecule has 1 atom stereocenters. The number of hydrogen-bond donors (Lipinski definition) is 3. The number of likely N-dealkylation sites (tertiary alicyclic amines) is 1. The molecule has 0 saturated carbocycles. The number of hydrogen-bond acceptors (Lipinski definition) is 3. The summed E-state index contributed by atoms with van der Waals surface area (Å²) in [6.07, 6.45) is 2.10. The van der Waals surface area contributed by atoms with Crippen molar-refractivity contribution in [2.45, 2.75) is 18.9 Å². The summed E-state index contributed by atoms with van der Waals surface area (Å²) < 4.78 is 0. The van der Waals surface area contributed by atoms with Crippen LogP contribution in [0.15, 0.2) is 18.2 Å². The van der Waals surface area contributed by atoms with Crippen molar-refractivity contribution >= 4 is 40.9 Å². The van der Waals surface area contributed by atoms with E-state index in [0.29, 0.717) is 0 Å². The number of carbonyl (C=O) groups excluding carboxylic acids is 1. The highest BCUT2D eigenvalue weighted by Crippen LogP contribution is 2.29. The molecule has 0 aliphatic carbocycles. The van der Waals surface area contributed by atoms with E-state index in [-0.39, 0.29) is 22.3 Å². The van der Waals surface area contributed by atoms with Crippen molar-refractivity contribution in [2.75, 3.05) is 25.0 Å². The topological polar surface area (TPSA) is 81.7 Å². The summed E-state index contributed by atoms with van der Waals surface area (Å²) in [5.74, 6) is -1.08. The van der Waals surface area contributed by atoms with E-state index >= 15 is 0 Å². The fourth-order valence-electron chi connectivity index (χ4n) is 2.33. The number of urea groups is 1. The van der Waals surface area contributed by atoms with Crippen LogP contribution in [0.1, 0.15) is 12.8 Å². The first-order valence-corrected chi connectivity index (χ1v) is 7.69. The van der Waals surface area contributed by atoms with Gasteiger partial charge in [0.1, 0.15) is 6.04 Å². The minimum absolute atomic E-state index is 0.258. The van der Waals surface area contributed by atoms with Crippen LogP contribution in [0.3, 0.4) is 0 Å². The summed E-state index contributed by atoms with van der Waals surface area (Å²) in [7, 11) is 0. The van der Waals surface area contributed by atoms with Gasteiger partial charge in [0.25, 0.3) is 0 Å². The molecule has 1 aromatic carbocycles. The molecule has 1 fully saturated rings. The highest BCUT2D eigenvalue weighted by atomic mass is 35.5. The second-order valence-electron chi connectivity index (χ2n) is 5.09. The highest BCUT2D eigenvalue weighted by Gasteiger charge is 2.25. The van der Waals surface area contributed by atoms with E-state index in [1.165, 1.54) is 0 Å². The van der Waals surface area contributed by atoms with Crippen LogP contribution in [0.25, 0.3) is 0 Å². The SMILES string of the molecule is O=C(Nc1c(Cl)cccc1Cl)NC(CN1CCCC1)C(=O)O. The van der Waals surface area contributed by atoms with Crippen molar-refractivity contribution in [3.8, 4) is 0 Å². The van der Waals surface area contributed by atoms with E-state index in [1.807, 2.05) is 4.90 Å². The molecule has 120 valence electrons. The van der Waals surface area contributed by atoms with Gasteiger partial charge in [-0.1, -0.05) is 29.3 Å². The minimum Gasteiger partial charge on any atom is -0.480 e. The van der Waals surface area contributed by atoms with Crippen LogP contribution in [0, 0.1) is 0 Å². The Kier molecular flexibility index (Phi) is 5.88. The van der Waals surface area contributed by atoms with E-state index in [0.717, 1.165) is 25.9 Å². The lowest BCUT2D eigenvalue weighted by Gasteiger charge is -2.21. The number of aliphatic carboxylic acids is 1. The molecule has 0 aromatic heterocycles. The molecule has 1 unspecified atom stereocenters. The fraction of sp³-hybridized carbons (Fsp3) is 0.429. The molecule has 1 aromatic rings. The number of amides is 2. The largest absolute Gasteiger partial charge is 0.480 e. The second-order valence-corrected chi connectivity index (χ2v) is 5.91. The zero-order valence-corrected chi connectivity index (χ0v) is 13.3. The Morgan fingerprint density at radius 1 is 1.23 bits per heavy atom. The van der Waals surface area contributed by atoms with Gasteiger partial charge >= 0.3 is 12.0 Å². The molecule has 1 heterocycles. The number of nitrogens with zero attached hydrogens (tertiary/aromatic N) is 1. The highest BCUT2D eigenvalue weighted by molar-refractivity contribution is 6.39. The first-order valence-electron chi connectivity index (χ1n) is 6.94. The van der Waals surface area contributed by atoms with Gasteiger partial charge in [-0.3, -0.25) is 0 Å². The van der Waals surface area contributed by atoms with Crippen molar-refractivity contribution in [1.82, 2.24) is 10.2 Å². The fourth-order valence-corrected chi connectivity index (χ4v) is 2.83. The van der Waals surface area contributed by atoms with Gasteiger partial charge in [0.05, 0.1) is 15.7 Å². The molecular formula is C14H17Cl2N3O3. The summed E-state index contributed by atoms with van der Waals surface area (Å²) in [4.78, 5) is 25.3. The molecule has 1 aliphatic rings. The lowest BCUT2D eigenvalue weighted by Crippen LogP contribution is -2.49. The number of carbonyl (C=O) groups is 2. The molecule has 0 radical (unpaired) electrons. The van der Waals surface area contributed by atoms with Gasteiger partial charge in [0, 0.05) is 6.54 Å². The Balaban J connectivity index is 1.97. The van der Waals surface area contributed by atoms with Gasteiger partial charge in [0.2, 0.25) is 0 Å². The van der Waals surface area contributed by atoms with E-state index < -0.39 is 18.0 Å². The first-order chi connectivity index (χ1) is 10.5. The zero-order valence-electron chi connectivity index (χ0n) is 11.8. The third-order valence-electron chi connectivity index (χ3n) is 3.44. The molecule has 1 aliphatic heterocycles. The van der Waals surface area contributed by atoms with Gasteiger partial charge in [0.15, 0.2) is 0 Å². The summed E-state index contributed by atoms with van der Waals surface area (Å²) in [5, 5.41) is 14.7. The number of carboxylic acid groups (broad SMARTS) is 1. The van der Waals surface area contributed by atoms with Gasteiger partial charge in [-0.15, -0.1) is 0 Å². The molecule has 1 saturated heterocycles. The molecule has 0 bridgehead atoms. The van der Waals surface area contributed by atoms with Crippen molar-refractivity contribution in [1.29, 1.82) is 0 Å². The second kappa shape index (κ2) is 7.67. The Hall–Kier alpha value is -1.50. The average molecular weight is 346 g/mol. The van der Waals surface area contributed by atoms with E-state index in [2.05, 4.69) is 10.6 Å². The number of halogens is 2. The maximum atomic E-state index is 12.0. The monoisotopic (exact) mass is 345 g/mol. The van der Waals surface area contributed by atoms with Crippen LogP contribution >= 0.6 is 23.2 Å². The third kappa shape index (κ3) is 4.50. The minimum atomic E-state index is -1.08. The standard InChI is InChI=1S/C14H17Cl2N3O3/c15-9-4-3-5-10(16)12(9)18-14(22)17-11(13(20)21)8-19-6-1-2-7-19/h3-5,11H,1-2,6-8H2,(H,20,21)(H2,17,18,22). The Morgan fingerprint density at radius 2 is 1.82 bits per heavy atom. The lowest BCUT2D eigenvalue weighted by atomic mass is 10.2. The molecule has 0 spiro atoms. The molecule has 8 heteroatoms. The number of nitrogens with one attached hydrogen (secondary N) is 2. The Labute approximate surface area is 138 Å². The summed E-state index contributed by atoms with van der Waals surface area (Å²) in [5.41, 5.74) is 0.258. The van der Waals surface area contributed by atoms with Crippen LogP contribution in [0.2, 0.25) is 10.0 Å². The van der Waals surface area contributed by atoms with E-state index in [1.54, 1.807) is 18.2 Å². The van der Waals surface area contributed by atoms with Crippen molar-refractivity contribution in [3.05, 3.63) is 28.2 Å². The lowest BCUT2D eigenvalue weighted by molar-refractivity contribution is -0.139. The van der Waals surface area contributed by atoms with Gasteiger partial charge in [-0.05, 0) is 38.1 Å². The molecule has 6 nitrogen and oxygen atoms in total. The van der Waals surface area contributed by atoms with Crippen molar-refractivity contribution < 1.29 is 14.7 Å². The van der Waals surface area contributed by atoms with Crippen LogP contribution in [0.5, 0.6) is 0 Å². The van der Waals surface area contributed by atoms with Gasteiger partial charge in [-0.25, -0.2) is 9.59 Å².